The lowest BCUT2D eigenvalue weighted by molar-refractivity contribution is 0.130. The van der Waals surface area contributed by atoms with Gasteiger partial charge in [-0.05, 0) is 26.3 Å². The summed E-state index contributed by atoms with van der Waals surface area (Å²) >= 11 is 0. The van der Waals surface area contributed by atoms with E-state index in [0.717, 1.165) is 5.56 Å². The minimum Gasteiger partial charge on any atom is -0.380 e. The molecule has 2 N–H and O–H groups in total. The smallest absolute Gasteiger partial charge is 0.236 e. The fourth-order valence-electron chi connectivity index (χ4n) is 1.94. The molecule has 0 aliphatic heterocycles. The third kappa shape index (κ3) is 3.05. The van der Waals surface area contributed by atoms with Crippen LogP contribution in [-0.4, -0.2) is 23.4 Å². The van der Waals surface area contributed by atoms with Gasteiger partial charge >= 0.3 is 0 Å². The summed E-state index contributed by atoms with van der Waals surface area (Å²) in [5.41, 5.74) is 6.74. The van der Waals surface area contributed by atoms with E-state index < -0.39 is 0 Å². The van der Waals surface area contributed by atoms with Gasteiger partial charge in [-0.25, -0.2) is 0 Å². The van der Waals surface area contributed by atoms with Gasteiger partial charge in [-0.1, -0.05) is 35.5 Å². The summed E-state index contributed by atoms with van der Waals surface area (Å²) in [6, 6.07) is 9.70. The molecule has 0 saturated heterocycles. The molecule has 0 saturated carbocycles. The molecule has 2 rings (SSSR count). The van der Waals surface area contributed by atoms with Crippen LogP contribution in [-0.2, 0) is 10.2 Å². The fourth-order valence-corrected chi connectivity index (χ4v) is 1.94. The van der Waals surface area contributed by atoms with E-state index in [0.29, 0.717) is 24.9 Å². The maximum Gasteiger partial charge on any atom is 0.236 e. The van der Waals surface area contributed by atoms with E-state index in [1.807, 2.05) is 51.1 Å². The standard InChI is InChI=1S/C15H21N3O2/c1-4-19-10-12(16)13-17-14(20-18-13)15(2,3)11-8-6-5-7-9-11/h5-9,12H,4,10,16H2,1-3H3. The van der Waals surface area contributed by atoms with Gasteiger partial charge in [0, 0.05) is 6.61 Å². The summed E-state index contributed by atoms with van der Waals surface area (Å²) in [5, 5.41) is 3.97. The van der Waals surface area contributed by atoms with Crippen molar-refractivity contribution in [1.82, 2.24) is 10.1 Å². The monoisotopic (exact) mass is 275 g/mol. The van der Waals surface area contributed by atoms with Crippen molar-refractivity contribution in [2.75, 3.05) is 13.2 Å². The zero-order chi connectivity index (χ0) is 14.6. The first kappa shape index (κ1) is 14.7. The van der Waals surface area contributed by atoms with Gasteiger partial charge < -0.3 is 15.0 Å². The largest absolute Gasteiger partial charge is 0.380 e. The molecule has 1 aromatic carbocycles. The zero-order valence-electron chi connectivity index (χ0n) is 12.2. The van der Waals surface area contributed by atoms with Crippen LogP contribution in [0.25, 0.3) is 0 Å². The Labute approximate surface area is 119 Å². The number of benzene rings is 1. The summed E-state index contributed by atoms with van der Waals surface area (Å²) in [5.74, 6) is 1.04. The Morgan fingerprint density at radius 2 is 2.00 bits per heavy atom. The summed E-state index contributed by atoms with van der Waals surface area (Å²) in [7, 11) is 0. The molecule has 5 nitrogen and oxygen atoms in total. The second kappa shape index (κ2) is 6.15. The van der Waals surface area contributed by atoms with Crippen molar-refractivity contribution in [2.45, 2.75) is 32.2 Å². The highest BCUT2D eigenvalue weighted by Crippen LogP contribution is 2.30. The molecule has 0 spiro atoms. The Bertz CT molecular complexity index is 537. The van der Waals surface area contributed by atoms with Crippen LogP contribution >= 0.6 is 0 Å². The van der Waals surface area contributed by atoms with Crippen LogP contribution in [0.3, 0.4) is 0 Å². The quantitative estimate of drug-likeness (QED) is 0.876. The predicted octanol–water partition coefficient (Wildman–Crippen LogP) is 2.43. The Kier molecular flexibility index (Phi) is 4.52. The molecule has 0 aliphatic rings. The second-order valence-corrected chi connectivity index (χ2v) is 5.21. The van der Waals surface area contributed by atoms with Gasteiger partial charge in [0.05, 0.1) is 18.1 Å². The fraction of sp³-hybridized carbons (Fsp3) is 0.467. The van der Waals surface area contributed by atoms with Crippen LogP contribution in [0.1, 0.15) is 44.1 Å². The van der Waals surface area contributed by atoms with Crippen molar-refractivity contribution in [3.8, 4) is 0 Å². The van der Waals surface area contributed by atoms with E-state index in [-0.39, 0.29) is 11.5 Å². The van der Waals surface area contributed by atoms with Crippen molar-refractivity contribution in [1.29, 1.82) is 0 Å². The van der Waals surface area contributed by atoms with Crippen molar-refractivity contribution >= 4 is 0 Å². The molecule has 20 heavy (non-hydrogen) atoms. The van der Waals surface area contributed by atoms with Gasteiger partial charge in [0.1, 0.15) is 0 Å². The molecule has 1 unspecified atom stereocenters. The van der Waals surface area contributed by atoms with Gasteiger partial charge in [0.25, 0.3) is 0 Å². The van der Waals surface area contributed by atoms with Crippen LogP contribution in [0.15, 0.2) is 34.9 Å². The number of hydrogen-bond acceptors (Lipinski definition) is 5. The minimum absolute atomic E-state index is 0.349. The van der Waals surface area contributed by atoms with E-state index in [4.69, 9.17) is 15.0 Å². The highest BCUT2D eigenvalue weighted by molar-refractivity contribution is 5.29. The van der Waals surface area contributed by atoms with E-state index in [1.165, 1.54) is 0 Å². The van der Waals surface area contributed by atoms with Crippen molar-refractivity contribution in [3.05, 3.63) is 47.6 Å². The van der Waals surface area contributed by atoms with E-state index in [1.54, 1.807) is 0 Å². The molecular formula is C15H21N3O2. The molecule has 1 heterocycles. The lowest BCUT2D eigenvalue weighted by Crippen LogP contribution is -2.21. The van der Waals surface area contributed by atoms with Crippen molar-refractivity contribution in [2.24, 2.45) is 5.73 Å². The van der Waals surface area contributed by atoms with Gasteiger partial charge in [0.15, 0.2) is 5.82 Å². The highest BCUT2D eigenvalue weighted by Gasteiger charge is 2.30. The SMILES string of the molecule is CCOCC(N)c1noc(C(C)(C)c2ccccc2)n1. The third-order valence-electron chi connectivity index (χ3n) is 3.31. The number of hydrogen-bond donors (Lipinski definition) is 1. The Balaban J connectivity index is 2.19. The summed E-state index contributed by atoms with van der Waals surface area (Å²) in [4.78, 5) is 4.43. The van der Waals surface area contributed by atoms with Gasteiger partial charge in [-0.3, -0.25) is 0 Å². The van der Waals surface area contributed by atoms with Crippen molar-refractivity contribution in [3.63, 3.8) is 0 Å². The number of ether oxygens (including phenoxy) is 1. The summed E-state index contributed by atoms with van der Waals surface area (Å²) in [6.45, 7) is 7.03. The maximum absolute atomic E-state index is 5.97. The normalized spacial score (nSPS) is 13.4. The molecule has 0 bridgehead atoms. The first-order valence-corrected chi connectivity index (χ1v) is 6.78. The molecule has 0 fully saturated rings. The van der Waals surface area contributed by atoms with E-state index >= 15 is 0 Å². The zero-order valence-corrected chi connectivity index (χ0v) is 12.2. The van der Waals surface area contributed by atoms with Crippen LogP contribution in [0.5, 0.6) is 0 Å². The molecule has 0 radical (unpaired) electrons. The topological polar surface area (TPSA) is 74.2 Å². The van der Waals surface area contributed by atoms with Gasteiger partial charge in [0.2, 0.25) is 5.89 Å². The lowest BCUT2D eigenvalue weighted by atomic mass is 9.84. The third-order valence-corrected chi connectivity index (χ3v) is 3.31. The molecule has 0 amide bonds. The number of aromatic nitrogens is 2. The average Bonchev–Trinajstić information content (AvgIpc) is 2.96. The maximum atomic E-state index is 5.97. The first-order chi connectivity index (χ1) is 9.55. The summed E-state index contributed by atoms with van der Waals surface area (Å²) < 4.78 is 10.7. The molecule has 0 aliphatic carbocycles. The first-order valence-electron chi connectivity index (χ1n) is 6.78. The summed E-state index contributed by atoms with van der Waals surface area (Å²) in [6.07, 6.45) is 0. The Morgan fingerprint density at radius 1 is 1.30 bits per heavy atom. The van der Waals surface area contributed by atoms with E-state index in [2.05, 4.69) is 10.1 Å². The average molecular weight is 275 g/mol. The molecule has 1 atom stereocenters. The van der Waals surface area contributed by atoms with E-state index in [9.17, 15) is 0 Å². The molecule has 108 valence electrons. The van der Waals surface area contributed by atoms with Crippen LogP contribution in [0.4, 0.5) is 0 Å². The van der Waals surface area contributed by atoms with Gasteiger partial charge in [-0.15, -0.1) is 0 Å². The number of nitrogens with two attached hydrogens (primary N) is 1. The highest BCUT2D eigenvalue weighted by atomic mass is 16.5. The van der Waals surface area contributed by atoms with Crippen LogP contribution in [0.2, 0.25) is 0 Å². The second-order valence-electron chi connectivity index (χ2n) is 5.21. The predicted molar refractivity (Wildman–Crippen MR) is 76.3 cm³/mol. The van der Waals surface area contributed by atoms with Crippen LogP contribution < -0.4 is 5.73 Å². The van der Waals surface area contributed by atoms with Gasteiger partial charge in [-0.2, -0.15) is 4.98 Å². The molecule has 5 heteroatoms. The molecule has 2 aromatic rings. The number of rotatable bonds is 6. The molecule has 1 aromatic heterocycles. The van der Waals surface area contributed by atoms with Crippen molar-refractivity contribution < 1.29 is 9.26 Å². The number of nitrogens with zero attached hydrogens (tertiary/aromatic N) is 2. The molecular weight excluding hydrogens is 254 g/mol. The Morgan fingerprint density at radius 3 is 2.65 bits per heavy atom. The van der Waals surface area contributed by atoms with Crippen LogP contribution in [0, 0.1) is 0 Å². The lowest BCUT2D eigenvalue weighted by Gasteiger charge is -2.20. The Hall–Kier alpha value is -1.72. The minimum atomic E-state index is -0.362.